The van der Waals surface area contributed by atoms with Crippen LogP contribution in [-0.4, -0.2) is 36.9 Å². The van der Waals surface area contributed by atoms with E-state index in [0.29, 0.717) is 46.8 Å². The van der Waals surface area contributed by atoms with E-state index in [-0.39, 0.29) is 18.0 Å². The summed E-state index contributed by atoms with van der Waals surface area (Å²) in [4.78, 5) is 31.6. The second kappa shape index (κ2) is 5.51. The van der Waals surface area contributed by atoms with Gasteiger partial charge in [-0.15, -0.1) is 0 Å². The Bertz CT molecular complexity index is 1050. The van der Waals surface area contributed by atoms with E-state index in [1.807, 2.05) is 0 Å². The lowest BCUT2D eigenvalue weighted by molar-refractivity contribution is 0.0731. The zero-order valence-electron chi connectivity index (χ0n) is 13.8. The maximum Gasteiger partial charge on any atom is 0.263 e. The predicted molar refractivity (Wildman–Crippen MR) is 87.9 cm³/mol. The molecule has 0 aromatic carbocycles. The Morgan fingerprint density at radius 1 is 1.32 bits per heavy atom. The van der Waals surface area contributed by atoms with Gasteiger partial charge in [-0.05, 0) is 26.0 Å². The van der Waals surface area contributed by atoms with Gasteiger partial charge in [0.2, 0.25) is 0 Å². The summed E-state index contributed by atoms with van der Waals surface area (Å²) in [7, 11) is 0. The van der Waals surface area contributed by atoms with Crippen LogP contribution in [0.15, 0.2) is 23.1 Å². The van der Waals surface area contributed by atoms with Crippen LogP contribution in [0.5, 0.6) is 0 Å². The van der Waals surface area contributed by atoms with Crippen molar-refractivity contribution in [3.8, 4) is 0 Å². The number of pyridine rings is 1. The summed E-state index contributed by atoms with van der Waals surface area (Å²) in [5.41, 5.74) is 3.03. The number of hydrogen-bond donors (Lipinski definition) is 1. The van der Waals surface area contributed by atoms with E-state index in [0.717, 1.165) is 6.20 Å². The normalized spacial score (nSPS) is 14.0. The van der Waals surface area contributed by atoms with Gasteiger partial charge in [-0.1, -0.05) is 0 Å². The van der Waals surface area contributed by atoms with E-state index in [4.69, 9.17) is 0 Å². The summed E-state index contributed by atoms with van der Waals surface area (Å²) in [6.07, 6.45) is 1.61. The molecule has 25 heavy (non-hydrogen) atoms. The Labute approximate surface area is 142 Å². The third-order valence-corrected chi connectivity index (χ3v) is 4.56. The minimum atomic E-state index is -0.510. The molecule has 4 heterocycles. The zero-order valence-corrected chi connectivity index (χ0v) is 13.8. The van der Waals surface area contributed by atoms with Gasteiger partial charge in [0.15, 0.2) is 0 Å². The molecule has 1 N–H and O–H groups in total. The summed E-state index contributed by atoms with van der Waals surface area (Å²) in [6, 6.07) is 2.75. The summed E-state index contributed by atoms with van der Waals surface area (Å²) in [5, 5.41) is 6.85. The number of hydrogen-bond acceptors (Lipinski definition) is 4. The average Bonchev–Trinajstić information content (AvgIpc) is 2.93. The van der Waals surface area contributed by atoms with Gasteiger partial charge in [-0.2, -0.15) is 5.10 Å². The maximum absolute atomic E-state index is 13.5. The molecule has 128 valence electrons. The molecule has 4 rings (SSSR count). The van der Waals surface area contributed by atoms with Crippen LogP contribution in [0, 0.1) is 19.7 Å². The van der Waals surface area contributed by atoms with Crippen LogP contribution >= 0.6 is 0 Å². The lowest BCUT2D eigenvalue weighted by Crippen LogP contribution is -2.40. The van der Waals surface area contributed by atoms with E-state index in [1.54, 1.807) is 18.7 Å². The first-order chi connectivity index (χ1) is 12.0. The van der Waals surface area contributed by atoms with Crippen molar-refractivity contribution in [2.75, 3.05) is 6.54 Å². The number of amides is 1. The largest absolute Gasteiger partial charge is 0.334 e. The number of nitrogens with zero attached hydrogens (tertiary/aromatic N) is 4. The highest BCUT2D eigenvalue weighted by molar-refractivity contribution is 5.96. The number of nitrogens with one attached hydrogen (secondary N) is 1. The molecule has 3 aromatic heterocycles. The second-order valence-electron chi connectivity index (χ2n) is 6.20. The van der Waals surface area contributed by atoms with Crippen LogP contribution in [0.25, 0.3) is 5.65 Å². The summed E-state index contributed by atoms with van der Waals surface area (Å²) < 4.78 is 14.7. The van der Waals surface area contributed by atoms with Crippen molar-refractivity contribution in [3.63, 3.8) is 0 Å². The van der Waals surface area contributed by atoms with Crippen molar-refractivity contribution in [2.45, 2.75) is 26.8 Å². The molecule has 7 nitrogen and oxygen atoms in total. The molecule has 0 fully saturated rings. The minimum Gasteiger partial charge on any atom is -0.334 e. The van der Waals surface area contributed by atoms with Crippen molar-refractivity contribution in [1.82, 2.24) is 24.5 Å². The number of carbonyl (C=O) groups excluding carboxylic acids is 1. The standard InChI is InChI=1S/C17H16FN5O2/c1-9-15(10(2)21-20-9)17(25)22-6-5-13-12(8-22)16(24)23-7-11(18)3-4-14(23)19-13/h3-4,7H,5-6,8H2,1-2H3,(H,20,21). The van der Waals surface area contributed by atoms with Gasteiger partial charge in [0.1, 0.15) is 11.5 Å². The highest BCUT2D eigenvalue weighted by Crippen LogP contribution is 2.20. The fourth-order valence-electron chi connectivity index (χ4n) is 3.27. The van der Waals surface area contributed by atoms with Gasteiger partial charge in [0.25, 0.3) is 11.5 Å². The number of aromatic amines is 1. The molecule has 0 bridgehead atoms. The van der Waals surface area contributed by atoms with E-state index >= 15 is 0 Å². The molecule has 0 spiro atoms. The van der Waals surface area contributed by atoms with Crippen LogP contribution in [0.2, 0.25) is 0 Å². The van der Waals surface area contributed by atoms with Gasteiger partial charge in [-0.25, -0.2) is 9.37 Å². The smallest absolute Gasteiger partial charge is 0.263 e. The monoisotopic (exact) mass is 341 g/mol. The molecule has 1 aliphatic heterocycles. The van der Waals surface area contributed by atoms with Crippen LogP contribution in [0.4, 0.5) is 4.39 Å². The number of H-pyrrole nitrogens is 1. The van der Waals surface area contributed by atoms with Crippen LogP contribution in [0.1, 0.15) is 33.0 Å². The van der Waals surface area contributed by atoms with Crippen molar-refractivity contribution < 1.29 is 9.18 Å². The number of halogens is 1. The Hall–Kier alpha value is -3.03. The lowest BCUT2D eigenvalue weighted by atomic mass is 10.0. The fourth-order valence-corrected chi connectivity index (χ4v) is 3.27. The van der Waals surface area contributed by atoms with Crippen LogP contribution in [-0.2, 0) is 13.0 Å². The van der Waals surface area contributed by atoms with Crippen molar-refractivity contribution >= 4 is 11.6 Å². The highest BCUT2D eigenvalue weighted by Gasteiger charge is 2.28. The van der Waals surface area contributed by atoms with Crippen molar-refractivity contribution in [2.24, 2.45) is 0 Å². The summed E-state index contributed by atoms with van der Waals surface area (Å²) >= 11 is 0. The molecular weight excluding hydrogens is 325 g/mol. The topological polar surface area (TPSA) is 83.4 Å². The molecule has 3 aromatic rings. The number of aryl methyl sites for hydroxylation is 2. The van der Waals surface area contributed by atoms with E-state index in [9.17, 15) is 14.0 Å². The first-order valence-electron chi connectivity index (χ1n) is 7.96. The highest BCUT2D eigenvalue weighted by atomic mass is 19.1. The maximum atomic E-state index is 13.5. The first-order valence-corrected chi connectivity index (χ1v) is 7.96. The van der Waals surface area contributed by atoms with Gasteiger partial charge in [0, 0.05) is 24.9 Å². The summed E-state index contributed by atoms with van der Waals surface area (Å²) in [6.45, 7) is 4.18. The Kier molecular flexibility index (Phi) is 3.41. The quantitative estimate of drug-likeness (QED) is 0.725. The first kappa shape index (κ1) is 15.5. The third kappa shape index (κ3) is 2.41. The molecule has 1 amide bonds. The van der Waals surface area contributed by atoms with E-state index in [2.05, 4.69) is 15.2 Å². The van der Waals surface area contributed by atoms with Gasteiger partial charge >= 0.3 is 0 Å². The van der Waals surface area contributed by atoms with E-state index < -0.39 is 5.82 Å². The number of carbonyl (C=O) groups is 1. The molecule has 0 atom stereocenters. The molecule has 0 unspecified atom stereocenters. The summed E-state index contributed by atoms with van der Waals surface area (Å²) in [5.74, 6) is -0.678. The fraction of sp³-hybridized carbons (Fsp3) is 0.294. The Balaban J connectivity index is 1.76. The molecule has 8 heteroatoms. The van der Waals surface area contributed by atoms with Gasteiger partial charge < -0.3 is 4.90 Å². The molecule has 0 saturated heterocycles. The molecule has 0 aliphatic carbocycles. The second-order valence-corrected chi connectivity index (χ2v) is 6.20. The van der Waals surface area contributed by atoms with E-state index in [1.165, 1.54) is 16.5 Å². The van der Waals surface area contributed by atoms with Crippen molar-refractivity contribution in [1.29, 1.82) is 0 Å². The van der Waals surface area contributed by atoms with Crippen LogP contribution in [0.3, 0.4) is 0 Å². The molecule has 0 saturated carbocycles. The van der Waals surface area contributed by atoms with Gasteiger partial charge in [-0.3, -0.25) is 19.1 Å². The molecule has 0 radical (unpaired) electrons. The Morgan fingerprint density at radius 3 is 2.84 bits per heavy atom. The Morgan fingerprint density at radius 2 is 2.12 bits per heavy atom. The molecular formula is C17H16FN5O2. The van der Waals surface area contributed by atoms with Crippen LogP contribution < -0.4 is 5.56 Å². The number of rotatable bonds is 1. The number of fused-ring (bicyclic) bond motifs is 2. The van der Waals surface area contributed by atoms with Gasteiger partial charge in [0.05, 0.1) is 29.1 Å². The third-order valence-electron chi connectivity index (χ3n) is 4.56. The lowest BCUT2D eigenvalue weighted by Gasteiger charge is -2.28. The minimum absolute atomic E-state index is 0.156. The predicted octanol–water partition coefficient (Wildman–Crippen LogP) is 1.37. The SMILES string of the molecule is Cc1n[nH]c(C)c1C(=O)N1CCc2nc3ccc(F)cn3c(=O)c2C1. The van der Waals surface area contributed by atoms with Crippen molar-refractivity contribution in [3.05, 3.63) is 62.7 Å². The zero-order chi connectivity index (χ0) is 17.7. The number of aromatic nitrogens is 4. The molecule has 1 aliphatic rings. The average molecular weight is 341 g/mol.